The zero-order valence-electron chi connectivity index (χ0n) is 19.8. The van der Waals surface area contributed by atoms with E-state index in [1.807, 2.05) is 35.5 Å². The molecule has 34 heavy (non-hydrogen) atoms. The molecule has 3 aromatic rings. The molecule has 0 spiro atoms. The van der Waals surface area contributed by atoms with E-state index in [1.54, 1.807) is 0 Å². The predicted molar refractivity (Wildman–Crippen MR) is 132 cm³/mol. The second-order valence-corrected chi connectivity index (χ2v) is 9.30. The highest BCUT2D eigenvalue weighted by molar-refractivity contribution is 5.96. The number of hydrogen-bond acceptors (Lipinski definition) is 5. The zero-order chi connectivity index (χ0) is 23.3. The van der Waals surface area contributed by atoms with Crippen LogP contribution in [-0.4, -0.2) is 58.5 Å². The number of nitrogens with zero attached hydrogens (tertiary/aromatic N) is 4. The van der Waals surface area contributed by atoms with Gasteiger partial charge < -0.3 is 9.64 Å². The molecular formula is C28H32N4O2. The largest absolute Gasteiger partial charge is 0.379 e. The number of carbonyl (C=O) groups excluding carboxylic acids is 1. The number of carbonyl (C=O) groups is 1. The summed E-state index contributed by atoms with van der Waals surface area (Å²) in [5, 5.41) is 0. The van der Waals surface area contributed by atoms with Crippen molar-refractivity contribution in [3.05, 3.63) is 94.6 Å². The first-order valence-corrected chi connectivity index (χ1v) is 12.2. The van der Waals surface area contributed by atoms with Crippen molar-refractivity contribution in [2.45, 2.75) is 38.8 Å². The number of amides is 1. The Bertz CT molecular complexity index is 1140. The van der Waals surface area contributed by atoms with Crippen LogP contribution < -0.4 is 0 Å². The number of likely N-dealkylation sites (tertiary alicyclic amines) is 1. The van der Waals surface area contributed by atoms with Crippen LogP contribution in [0, 0.1) is 6.92 Å². The van der Waals surface area contributed by atoms with Gasteiger partial charge in [-0.05, 0) is 37.0 Å². The van der Waals surface area contributed by atoms with Crippen molar-refractivity contribution < 1.29 is 9.53 Å². The fraction of sp³-hybridized carbons (Fsp3) is 0.393. The van der Waals surface area contributed by atoms with Crippen molar-refractivity contribution in [3.63, 3.8) is 0 Å². The predicted octanol–water partition coefficient (Wildman–Crippen LogP) is 4.19. The molecule has 6 nitrogen and oxygen atoms in total. The van der Waals surface area contributed by atoms with E-state index in [4.69, 9.17) is 9.72 Å². The molecule has 176 valence electrons. The summed E-state index contributed by atoms with van der Waals surface area (Å²) in [6.45, 7) is 6.93. The van der Waals surface area contributed by atoms with E-state index in [0.717, 1.165) is 81.2 Å². The maximum Gasteiger partial charge on any atom is 0.254 e. The topological polar surface area (TPSA) is 58.6 Å². The monoisotopic (exact) mass is 456 g/mol. The van der Waals surface area contributed by atoms with Gasteiger partial charge in [0.05, 0.1) is 36.8 Å². The Morgan fingerprint density at radius 3 is 2.76 bits per heavy atom. The Morgan fingerprint density at radius 1 is 1.06 bits per heavy atom. The third-order valence-electron chi connectivity index (χ3n) is 6.77. The van der Waals surface area contributed by atoms with Crippen molar-refractivity contribution in [1.29, 1.82) is 0 Å². The van der Waals surface area contributed by atoms with Crippen LogP contribution in [0.4, 0.5) is 0 Å². The van der Waals surface area contributed by atoms with Crippen LogP contribution >= 0.6 is 0 Å². The number of rotatable bonds is 6. The van der Waals surface area contributed by atoms with Gasteiger partial charge >= 0.3 is 0 Å². The van der Waals surface area contributed by atoms with Crippen molar-refractivity contribution >= 4 is 5.91 Å². The molecule has 0 saturated carbocycles. The summed E-state index contributed by atoms with van der Waals surface area (Å²) in [7, 11) is 0. The Hall–Kier alpha value is -3.09. The number of ether oxygens (including phenoxy) is 1. The van der Waals surface area contributed by atoms with E-state index in [9.17, 15) is 4.79 Å². The molecule has 5 rings (SSSR count). The molecule has 0 bridgehead atoms. The lowest BCUT2D eigenvalue weighted by atomic mass is 10.0. The summed E-state index contributed by atoms with van der Waals surface area (Å²) >= 11 is 0. The maximum atomic E-state index is 13.7. The number of aryl methyl sites for hydroxylation is 1. The lowest BCUT2D eigenvalue weighted by Crippen LogP contribution is -2.37. The van der Waals surface area contributed by atoms with Gasteiger partial charge in [0.25, 0.3) is 5.91 Å². The molecule has 0 aliphatic carbocycles. The molecule has 6 heteroatoms. The minimum absolute atomic E-state index is 0.0334. The molecular weight excluding hydrogens is 424 g/mol. The lowest BCUT2D eigenvalue weighted by molar-refractivity contribution is 0.0339. The smallest absolute Gasteiger partial charge is 0.254 e. The number of morpholine rings is 1. The van der Waals surface area contributed by atoms with Crippen LogP contribution in [0.25, 0.3) is 0 Å². The standard InChI is InChI=1S/C28H32N4O2/c1-21-6-4-7-22(16-21)17-24-18-29-19-26(30-24)27-10-5-11-32(27)28(33)25-9-3-2-8-23(25)20-31-12-14-34-15-13-31/h2-4,6-9,16,18-19,27H,5,10-15,17,20H2,1H3/t27-/m1/s1. The fourth-order valence-electron chi connectivity index (χ4n) is 5.04. The first kappa shape index (κ1) is 22.7. The average molecular weight is 457 g/mol. The Balaban J connectivity index is 1.35. The van der Waals surface area contributed by atoms with Crippen molar-refractivity contribution in [2.24, 2.45) is 0 Å². The van der Waals surface area contributed by atoms with E-state index in [1.165, 1.54) is 11.1 Å². The summed E-state index contributed by atoms with van der Waals surface area (Å²) in [6.07, 6.45) is 6.30. The maximum absolute atomic E-state index is 13.7. The molecule has 2 aliphatic heterocycles. The minimum atomic E-state index is -0.0334. The number of aromatic nitrogens is 2. The summed E-state index contributed by atoms with van der Waals surface area (Å²) in [4.78, 5) is 27.5. The molecule has 1 aromatic heterocycles. The number of hydrogen-bond donors (Lipinski definition) is 0. The highest BCUT2D eigenvalue weighted by Crippen LogP contribution is 2.33. The first-order chi connectivity index (χ1) is 16.7. The van der Waals surface area contributed by atoms with Crippen LogP contribution in [-0.2, 0) is 17.7 Å². The van der Waals surface area contributed by atoms with Gasteiger partial charge in [-0.1, -0.05) is 48.0 Å². The molecule has 0 unspecified atom stereocenters. The van der Waals surface area contributed by atoms with E-state index < -0.39 is 0 Å². The second kappa shape index (κ2) is 10.5. The highest BCUT2D eigenvalue weighted by Gasteiger charge is 2.33. The molecule has 2 fully saturated rings. The third kappa shape index (κ3) is 5.18. The summed E-state index contributed by atoms with van der Waals surface area (Å²) in [5.74, 6) is 0.0947. The molecule has 2 saturated heterocycles. The van der Waals surface area contributed by atoms with Gasteiger partial charge in [-0.2, -0.15) is 0 Å². The van der Waals surface area contributed by atoms with Gasteiger partial charge in [-0.25, -0.2) is 0 Å². The van der Waals surface area contributed by atoms with E-state index >= 15 is 0 Å². The summed E-state index contributed by atoms with van der Waals surface area (Å²) in [6, 6.07) is 16.5. The fourth-order valence-corrected chi connectivity index (χ4v) is 5.04. The summed E-state index contributed by atoms with van der Waals surface area (Å²) < 4.78 is 5.48. The van der Waals surface area contributed by atoms with E-state index in [0.29, 0.717) is 0 Å². The van der Waals surface area contributed by atoms with Crippen LogP contribution in [0.2, 0.25) is 0 Å². The molecule has 0 N–H and O–H groups in total. The van der Waals surface area contributed by atoms with Crippen molar-refractivity contribution in [1.82, 2.24) is 19.8 Å². The zero-order valence-corrected chi connectivity index (χ0v) is 19.8. The van der Waals surface area contributed by atoms with Crippen molar-refractivity contribution in [2.75, 3.05) is 32.8 Å². The average Bonchev–Trinajstić information content (AvgIpc) is 3.35. The van der Waals surface area contributed by atoms with Gasteiger partial charge in [0.15, 0.2) is 0 Å². The first-order valence-electron chi connectivity index (χ1n) is 12.2. The second-order valence-electron chi connectivity index (χ2n) is 9.30. The quantitative estimate of drug-likeness (QED) is 0.557. The Kier molecular flexibility index (Phi) is 6.97. The van der Waals surface area contributed by atoms with Crippen LogP contribution in [0.15, 0.2) is 60.9 Å². The van der Waals surface area contributed by atoms with Crippen molar-refractivity contribution in [3.8, 4) is 0 Å². The molecule has 2 aromatic carbocycles. The molecule has 1 atom stereocenters. The minimum Gasteiger partial charge on any atom is -0.379 e. The lowest BCUT2D eigenvalue weighted by Gasteiger charge is -2.29. The molecule has 0 radical (unpaired) electrons. The van der Waals surface area contributed by atoms with E-state index in [2.05, 4.69) is 47.1 Å². The van der Waals surface area contributed by atoms with Crippen LogP contribution in [0.5, 0.6) is 0 Å². The van der Waals surface area contributed by atoms with Crippen LogP contribution in [0.1, 0.15) is 57.3 Å². The van der Waals surface area contributed by atoms with Crippen LogP contribution in [0.3, 0.4) is 0 Å². The summed E-state index contributed by atoms with van der Waals surface area (Å²) in [5.41, 5.74) is 6.17. The molecule has 3 heterocycles. The van der Waals surface area contributed by atoms with Gasteiger partial charge in [0, 0.05) is 44.4 Å². The van der Waals surface area contributed by atoms with Gasteiger partial charge in [-0.15, -0.1) is 0 Å². The normalized spacial score (nSPS) is 18.9. The van der Waals surface area contributed by atoms with Gasteiger partial charge in [0.1, 0.15) is 0 Å². The molecule has 1 amide bonds. The van der Waals surface area contributed by atoms with Gasteiger partial charge in [0.2, 0.25) is 0 Å². The van der Waals surface area contributed by atoms with E-state index in [-0.39, 0.29) is 11.9 Å². The SMILES string of the molecule is Cc1cccc(Cc2cncc([C@H]3CCCN3C(=O)c3ccccc3CN3CCOCC3)n2)c1. The molecule has 2 aliphatic rings. The van der Waals surface area contributed by atoms with Gasteiger partial charge in [-0.3, -0.25) is 19.7 Å². The highest BCUT2D eigenvalue weighted by atomic mass is 16.5. The third-order valence-corrected chi connectivity index (χ3v) is 6.77. The number of benzene rings is 2. The Morgan fingerprint density at radius 2 is 1.91 bits per heavy atom. The Labute approximate surface area is 201 Å².